The Hall–Kier alpha value is -2.30. The number of likely N-dealkylation sites (tertiary alicyclic amines) is 1. The number of pyridine rings is 1. The van der Waals surface area contributed by atoms with Crippen molar-refractivity contribution in [3.63, 3.8) is 0 Å². The number of aryl methyl sites for hydroxylation is 1. The van der Waals surface area contributed by atoms with Gasteiger partial charge in [-0.25, -0.2) is 0 Å². The van der Waals surface area contributed by atoms with Crippen molar-refractivity contribution in [2.75, 3.05) is 13.1 Å². The molecule has 2 aromatic rings. The molecule has 2 aromatic heterocycles. The van der Waals surface area contributed by atoms with Crippen LogP contribution in [0.2, 0.25) is 0 Å². The number of fused-ring (bicyclic) bond motifs is 1. The van der Waals surface area contributed by atoms with E-state index >= 15 is 0 Å². The number of aromatic nitrogens is 1. The molecular formula is C18H23N3O2. The molecule has 3 rings (SSSR count). The second kappa shape index (κ2) is 6.44. The van der Waals surface area contributed by atoms with E-state index < -0.39 is 0 Å². The molecule has 0 radical (unpaired) electrons. The molecule has 1 fully saturated rings. The van der Waals surface area contributed by atoms with Crippen molar-refractivity contribution < 1.29 is 9.59 Å². The van der Waals surface area contributed by atoms with Crippen LogP contribution in [0.1, 0.15) is 42.1 Å². The smallest absolute Gasteiger partial charge is 0.253 e. The summed E-state index contributed by atoms with van der Waals surface area (Å²) in [4.78, 5) is 26.0. The fraction of sp³-hybridized carbons (Fsp3) is 0.444. The van der Waals surface area contributed by atoms with Gasteiger partial charge in [0.2, 0.25) is 5.91 Å². The summed E-state index contributed by atoms with van der Waals surface area (Å²) in [5.74, 6) is 0.164. The highest BCUT2D eigenvalue weighted by molar-refractivity contribution is 5.96. The minimum absolute atomic E-state index is 0.0339. The van der Waals surface area contributed by atoms with Crippen LogP contribution < -0.4 is 5.32 Å². The lowest BCUT2D eigenvalue weighted by atomic mass is 10.0. The lowest BCUT2D eigenvalue weighted by Gasteiger charge is -2.32. The first-order valence-electron chi connectivity index (χ1n) is 8.24. The Morgan fingerprint density at radius 3 is 2.70 bits per heavy atom. The number of carbonyl (C=O) groups excluding carboxylic acids is 2. The van der Waals surface area contributed by atoms with Crippen LogP contribution in [0.15, 0.2) is 30.6 Å². The van der Waals surface area contributed by atoms with Gasteiger partial charge in [-0.3, -0.25) is 9.59 Å². The van der Waals surface area contributed by atoms with Gasteiger partial charge in [-0.15, -0.1) is 0 Å². The van der Waals surface area contributed by atoms with Gasteiger partial charge in [0.1, 0.15) is 0 Å². The first-order valence-corrected chi connectivity index (χ1v) is 8.24. The quantitative estimate of drug-likeness (QED) is 0.946. The van der Waals surface area contributed by atoms with E-state index in [0.29, 0.717) is 12.0 Å². The van der Waals surface area contributed by atoms with Gasteiger partial charge in [0.15, 0.2) is 0 Å². The fourth-order valence-corrected chi connectivity index (χ4v) is 3.17. The summed E-state index contributed by atoms with van der Waals surface area (Å²) in [6.07, 6.45) is 6.02. The third-order valence-corrected chi connectivity index (χ3v) is 4.59. The lowest BCUT2D eigenvalue weighted by Crippen LogP contribution is -2.46. The van der Waals surface area contributed by atoms with Gasteiger partial charge in [-0.05, 0) is 37.5 Å². The average Bonchev–Trinajstić information content (AvgIpc) is 3.00. The number of carbonyl (C=O) groups is 2. The Kier molecular flexibility index (Phi) is 4.37. The largest absolute Gasteiger partial charge is 0.349 e. The highest BCUT2D eigenvalue weighted by Crippen LogP contribution is 2.16. The topological polar surface area (TPSA) is 53.8 Å². The molecular weight excluding hydrogens is 290 g/mol. The van der Waals surface area contributed by atoms with Crippen LogP contribution in [0.4, 0.5) is 0 Å². The van der Waals surface area contributed by atoms with E-state index in [1.54, 1.807) is 0 Å². The molecule has 5 heteroatoms. The van der Waals surface area contributed by atoms with E-state index in [1.807, 2.05) is 53.7 Å². The Balaban J connectivity index is 1.63. The Morgan fingerprint density at radius 1 is 1.30 bits per heavy atom. The van der Waals surface area contributed by atoms with Crippen LogP contribution in [0.25, 0.3) is 5.52 Å². The number of hydrogen-bond donors (Lipinski definition) is 1. The molecule has 1 saturated heterocycles. The monoisotopic (exact) mass is 313 g/mol. The van der Waals surface area contributed by atoms with Crippen LogP contribution in [-0.2, 0) is 4.79 Å². The van der Waals surface area contributed by atoms with Gasteiger partial charge in [-0.2, -0.15) is 0 Å². The number of amides is 2. The number of rotatable bonds is 3. The molecule has 0 aromatic carbocycles. The second-order valence-electron chi connectivity index (χ2n) is 6.19. The molecule has 5 nitrogen and oxygen atoms in total. The van der Waals surface area contributed by atoms with Crippen LogP contribution in [0.3, 0.4) is 0 Å². The number of hydrogen-bond acceptors (Lipinski definition) is 2. The van der Waals surface area contributed by atoms with Gasteiger partial charge >= 0.3 is 0 Å². The summed E-state index contributed by atoms with van der Waals surface area (Å²) in [5, 5.41) is 3.10. The molecule has 0 spiro atoms. The normalized spacial score (nSPS) is 15.8. The number of piperidine rings is 1. The molecule has 0 aliphatic carbocycles. The zero-order valence-electron chi connectivity index (χ0n) is 13.7. The van der Waals surface area contributed by atoms with Gasteiger partial charge in [0.05, 0.1) is 5.56 Å². The Morgan fingerprint density at radius 2 is 2.04 bits per heavy atom. The third-order valence-electron chi connectivity index (χ3n) is 4.59. The maximum atomic E-state index is 12.5. The second-order valence-corrected chi connectivity index (χ2v) is 6.19. The molecule has 2 amide bonds. The van der Waals surface area contributed by atoms with Gasteiger partial charge < -0.3 is 14.6 Å². The summed E-state index contributed by atoms with van der Waals surface area (Å²) in [5.41, 5.74) is 2.89. The predicted octanol–water partition coefficient (Wildman–Crippen LogP) is 2.38. The molecule has 23 heavy (non-hydrogen) atoms. The van der Waals surface area contributed by atoms with Crippen molar-refractivity contribution >= 4 is 17.3 Å². The van der Waals surface area contributed by atoms with Crippen LogP contribution in [0, 0.1) is 6.92 Å². The third kappa shape index (κ3) is 3.23. The molecule has 1 N–H and O–H groups in total. The maximum Gasteiger partial charge on any atom is 0.253 e. The van der Waals surface area contributed by atoms with E-state index in [0.717, 1.165) is 37.0 Å². The van der Waals surface area contributed by atoms with E-state index in [4.69, 9.17) is 0 Å². The first-order chi connectivity index (χ1) is 11.1. The summed E-state index contributed by atoms with van der Waals surface area (Å²) in [6, 6.07) is 6.09. The summed E-state index contributed by atoms with van der Waals surface area (Å²) >= 11 is 0. The summed E-state index contributed by atoms with van der Waals surface area (Å²) < 4.78 is 1.98. The molecule has 0 bridgehead atoms. The molecule has 1 aliphatic rings. The number of nitrogens with zero attached hydrogens (tertiary/aromatic N) is 2. The SMILES string of the molecule is CCC(=O)N1CCC(NC(=O)c2cc3c(C)cccn3c2)CC1. The lowest BCUT2D eigenvalue weighted by molar-refractivity contribution is -0.131. The highest BCUT2D eigenvalue weighted by atomic mass is 16.2. The van der Waals surface area contributed by atoms with Crippen LogP contribution in [0.5, 0.6) is 0 Å². The molecule has 0 saturated carbocycles. The first kappa shape index (κ1) is 15.6. The summed E-state index contributed by atoms with van der Waals surface area (Å²) in [6.45, 7) is 5.39. The maximum absolute atomic E-state index is 12.5. The van der Waals surface area contributed by atoms with E-state index in [1.165, 1.54) is 0 Å². The minimum atomic E-state index is -0.0339. The molecule has 122 valence electrons. The van der Waals surface area contributed by atoms with E-state index in [-0.39, 0.29) is 17.9 Å². The van der Waals surface area contributed by atoms with Crippen molar-refractivity contribution in [1.29, 1.82) is 0 Å². The van der Waals surface area contributed by atoms with Crippen molar-refractivity contribution in [2.45, 2.75) is 39.2 Å². The van der Waals surface area contributed by atoms with Crippen LogP contribution in [-0.4, -0.2) is 40.2 Å². The molecule has 0 atom stereocenters. The van der Waals surface area contributed by atoms with Crippen LogP contribution >= 0.6 is 0 Å². The standard InChI is InChI=1S/C18H23N3O2/c1-3-17(22)20-9-6-15(7-10-20)19-18(23)14-11-16-13(2)5-4-8-21(16)12-14/h4-5,8,11-12,15H,3,6-7,9-10H2,1-2H3,(H,19,23). The highest BCUT2D eigenvalue weighted by Gasteiger charge is 2.23. The minimum Gasteiger partial charge on any atom is -0.349 e. The van der Waals surface area contributed by atoms with Gasteiger partial charge in [0.25, 0.3) is 5.91 Å². The van der Waals surface area contributed by atoms with Gasteiger partial charge in [-0.1, -0.05) is 13.0 Å². The number of nitrogens with one attached hydrogen (secondary N) is 1. The van der Waals surface area contributed by atoms with E-state index in [9.17, 15) is 9.59 Å². The van der Waals surface area contributed by atoms with Crippen molar-refractivity contribution in [3.8, 4) is 0 Å². The van der Waals surface area contributed by atoms with Crippen molar-refractivity contribution in [2.24, 2.45) is 0 Å². The van der Waals surface area contributed by atoms with E-state index in [2.05, 4.69) is 5.32 Å². The Labute approximate surface area is 136 Å². The zero-order chi connectivity index (χ0) is 16.4. The molecule has 3 heterocycles. The van der Waals surface area contributed by atoms with Crippen molar-refractivity contribution in [1.82, 2.24) is 14.6 Å². The fourth-order valence-electron chi connectivity index (χ4n) is 3.17. The summed E-state index contributed by atoms with van der Waals surface area (Å²) in [7, 11) is 0. The average molecular weight is 313 g/mol. The zero-order valence-corrected chi connectivity index (χ0v) is 13.7. The molecule has 0 unspecified atom stereocenters. The predicted molar refractivity (Wildman–Crippen MR) is 89.5 cm³/mol. The molecule has 1 aliphatic heterocycles. The van der Waals surface area contributed by atoms with Crippen molar-refractivity contribution in [3.05, 3.63) is 41.7 Å². The van der Waals surface area contributed by atoms with Gasteiger partial charge in [0, 0.05) is 43.5 Å². The Bertz CT molecular complexity index is 727.